The molecule has 106 valence electrons. The number of rotatable bonds is 3. The van der Waals surface area contributed by atoms with Gasteiger partial charge in [-0.3, -0.25) is 4.79 Å². The molecule has 0 aliphatic rings. The first-order valence-electron chi connectivity index (χ1n) is 6.71. The summed E-state index contributed by atoms with van der Waals surface area (Å²) in [6.45, 7) is 2.34. The van der Waals surface area contributed by atoms with E-state index in [0.717, 1.165) is 22.3 Å². The molecule has 2 heterocycles. The number of pyridine rings is 1. The number of nitrogens with two attached hydrogens (primary N) is 1. The van der Waals surface area contributed by atoms with Crippen molar-refractivity contribution in [1.29, 1.82) is 0 Å². The van der Waals surface area contributed by atoms with Crippen LogP contribution in [0.4, 0.5) is 5.82 Å². The number of amides is 1. The maximum Gasteiger partial charge on any atom is 0.251 e. The van der Waals surface area contributed by atoms with Gasteiger partial charge in [0.1, 0.15) is 5.82 Å². The molecule has 0 fully saturated rings. The molecule has 5 nitrogen and oxygen atoms in total. The van der Waals surface area contributed by atoms with Crippen LogP contribution in [0.25, 0.3) is 11.0 Å². The number of hydrogen-bond donors (Lipinski definition) is 3. The van der Waals surface area contributed by atoms with Crippen LogP contribution in [0, 0.1) is 6.92 Å². The van der Waals surface area contributed by atoms with Crippen molar-refractivity contribution < 1.29 is 4.79 Å². The normalized spacial score (nSPS) is 10.7. The van der Waals surface area contributed by atoms with Gasteiger partial charge in [-0.25, -0.2) is 4.98 Å². The van der Waals surface area contributed by atoms with Gasteiger partial charge < -0.3 is 16.0 Å². The quantitative estimate of drug-likeness (QED) is 0.688. The number of H-pyrrole nitrogens is 1. The Morgan fingerprint density at radius 3 is 2.81 bits per heavy atom. The minimum atomic E-state index is -0.0992. The molecule has 0 spiro atoms. The molecule has 5 heteroatoms. The van der Waals surface area contributed by atoms with Crippen molar-refractivity contribution in [3.63, 3.8) is 0 Å². The van der Waals surface area contributed by atoms with E-state index < -0.39 is 0 Å². The first-order valence-corrected chi connectivity index (χ1v) is 6.71. The third-order valence-corrected chi connectivity index (χ3v) is 3.36. The van der Waals surface area contributed by atoms with Gasteiger partial charge in [-0.1, -0.05) is 18.2 Å². The van der Waals surface area contributed by atoms with Gasteiger partial charge in [0.15, 0.2) is 0 Å². The molecular formula is C16H16N4O. The van der Waals surface area contributed by atoms with E-state index in [-0.39, 0.29) is 5.91 Å². The number of nitrogen functional groups attached to an aromatic ring is 1. The van der Waals surface area contributed by atoms with Crippen molar-refractivity contribution in [1.82, 2.24) is 15.3 Å². The Balaban J connectivity index is 1.75. The SMILES string of the molecule is Cc1cc2[nH]c(CNC(=O)c3ccccc3)cc2nc1N. The Bertz CT molecular complexity index is 754. The lowest BCUT2D eigenvalue weighted by molar-refractivity contribution is 0.0950. The number of aromatic nitrogens is 2. The molecule has 3 rings (SSSR count). The fraction of sp³-hybridized carbons (Fsp3) is 0.125. The molecule has 1 amide bonds. The highest BCUT2D eigenvalue weighted by atomic mass is 16.1. The Hall–Kier alpha value is -2.82. The topological polar surface area (TPSA) is 83.8 Å². The lowest BCUT2D eigenvalue weighted by Gasteiger charge is -2.03. The van der Waals surface area contributed by atoms with Crippen LogP contribution in [0.1, 0.15) is 21.6 Å². The van der Waals surface area contributed by atoms with Gasteiger partial charge in [0.2, 0.25) is 0 Å². The third kappa shape index (κ3) is 2.72. The number of anilines is 1. The zero-order chi connectivity index (χ0) is 14.8. The summed E-state index contributed by atoms with van der Waals surface area (Å²) in [7, 11) is 0. The summed E-state index contributed by atoms with van der Waals surface area (Å²) < 4.78 is 0. The van der Waals surface area contributed by atoms with Crippen molar-refractivity contribution in [2.75, 3.05) is 5.73 Å². The maximum absolute atomic E-state index is 12.0. The van der Waals surface area contributed by atoms with E-state index in [2.05, 4.69) is 15.3 Å². The molecule has 3 aromatic rings. The average Bonchev–Trinajstić information content (AvgIpc) is 2.88. The Morgan fingerprint density at radius 1 is 1.29 bits per heavy atom. The zero-order valence-electron chi connectivity index (χ0n) is 11.7. The summed E-state index contributed by atoms with van der Waals surface area (Å²) in [6.07, 6.45) is 0. The Labute approximate surface area is 122 Å². The summed E-state index contributed by atoms with van der Waals surface area (Å²) in [5, 5.41) is 2.88. The van der Waals surface area contributed by atoms with Crippen LogP contribution in [0.3, 0.4) is 0 Å². The van der Waals surface area contributed by atoms with E-state index >= 15 is 0 Å². The van der Waals surface area contributed by atoms with E-state index in [1.807, 2.05) is 37.3 Å². The van der Waals surface area contributed by atoms with Crippen LogP contribution in [0.15, 0.2) is 42.5 Å². The predicted octanol–water partition coefficient (Wildman–Crippen LogP) is 2.38. The second-order valence-electron chi connectivity index (χ2n) is 4.97. The monoisotopic (exact) mass is 280 g/mol. The number of aromatic amines is 1. The smallest absolute Gasteiger partial charge is 0.251 e. The molecule has 0 saturated carbocycles. The molecule has 0 unspecified atom stereocenters. The van der Waals surface area contributed by atoms with Crippen LogP contribution in [0.2, 0.25) is 0 Å². The van der Waals surface area contributed by atoms with Crippen LogP contribution in [0.5, 0.6) is 0 Å². The summed E-state index contributed by atoms with van der Waals surface area (Å²) in [4.78, 5) is 19.5. The maximum atomic E-state index is 12.0. The number of carbonyl (C=O) groups excluding carboxylic acids is 1. The van der Waals surface area contributed by atoms with Gasteiger partial charge in [-0.15, -0.1) is 0 Å². The Morgan fingerprint density at radius 2 is 2.05 bits per heavy atom. The molecule has 0 bridgehead atoms. The summed E-state index contributed by atoms with van der Waals surface area (Å²) in [6, 6.07) is 13.0. The second kappa shape index (κ2) is 5.28. The molecule has 0 atom stereocenters. The van der Waals surface area contributed by atoms with Crippen LogP contribution >= 0.6 is 0 Å². The highest BCUT2D eigenvalue weighted by Gasteiger charge is 2.07. The number of fused-ring (bicyclic) bond motifs is 1. The number of nitrogens with zero attached hydrogens (tertiary/aromatic N) is 1. The van der Waals surface area contributed by atoms with Crippen LogP contribution < -0.4 is 11.1 Å². The first-order chi connectivity index (χ1) is 10.1. The fourth-order valence-electron chi connectivity index (χ4n) is 2.19. The zero-order valence-corrected chi connectivity index (χ0v) is 11.7. The van der Waals surface area contributed by atoms with Crippen molar-refractivity contribution in [3.05, 3.63) is 59.3 Å². The summed E-state index contributed by atoms with van der Waals surface area (Å²) in [5.74, 6) is 0.430. The van der Waals surface area contributed by atoms with E-state index in [9.17, 15) is 4.79 Å². The highest BCUT2D eigenvalue weighted by Crippen LogP contribution is 2.18. The molecule has 21 heavy (non-hydrogen) atoms. The molecule has 0 radical (unpaired) electrons. The second-order valence-corrected chi connectivity index (χ2v) is 4.97. The van der Waals surface area contributed by atoms with Gasteiger partial charge in [0.05, 0.1) is 17.6 Å². The third-order valence-electron chi connectivity index (χ3n) is 3.36. The average molecular weight is 280 g/mol. The van der Waals surface area contributed by atoms with E-state index in [0.29, 0.717) is 17.9 Å². The predicted molar refractivity (Wildman–Crippen MR) is 82.9 cm³/mol. The van der Waals surface area contributed by atoms with Gasteiger partial charge in [0.25, 0.3) is 5.91 Å². The molecule has 1 aromatic carbocycles. The number of hydrogen-bond acceptors (Lipinski definition) is 3. The Kier molecular flexibility index (Phi) is 3.31. The lowest BCUT2D eigenvalue weighted by atomic mass is 10.2. The molecule has 2 aromatic heterocycles. The molecule has 4 N–H and O–H groups in total. The van der Waals surface area contributed by atoms with Crippen molar-refractivity contribution in [3.8, 4) is 0 Å². The number of nitrogens with one attached hydrogen (secondary N) is 2. The first kappa shape index (κ1) is 13.2. The minimum absolute atomic E-state index is 0.0992. The summed E-state index contributed by atoms with van der Waals surface area (Å²) >= 11 is 0. The van der Waals surface area contributed by atoms with Crippen LogP contribution in [-0.4, -0.2) is 15.9 Å². The van der Waals surface area contributed by atoms with Gasteiger partial charge in [0, 0.05) is 11.3 Å². The standard InChI is InChI=1S/C16H16N4O/c1-10-7-13-14(20-15(10)17)8-12(19-13)9-18-16(21)11-5-3-2-4-6-11/h2-8,19H,9H2,1H3,(H2,17,20)(H,18,21). The van der Waals surface area contributed by atoms with Gasteiger partial charge in [-0.05, 0) is 36.8 Å². The highest BCUT2D eigenvalue weighted by molar-refractivity contribution is 5.94. The number of aryl methyl sites for hydroxylation is 1. The lowest BCUT2D eigenvalue weighted by Crippen LogP contribution is -2.22. The fourth-order valence-corrected chi connectivity index (χ4v) is 2.19. The number of carbonyl (C=O) groups is 1. The minimum Gasteiger partial charge on any atom is -0.383 e. The van der Waals surface area contributed by atoms with Crippen molar-refractivity contribution in [2.45, 2.75) is 13.5 Å². The van der Waals surface area contributed by atoms with E-state index in [1.54, 1.807) is 12.1 Å². The van der Waals surface area contributed by atoms with Gasteiger partial charge in [-0.2, -0.15) is 0 Å². The van der Waals surface area contributed by atoms with E-state index in [1.165, 1.54) is 0 Å². The number of benzene rings is 1. The molecular weight excluding hydrogens is 264 g/mol. The largest absolute Gasteiger partial charge is 0.383 e. The van der Waals surface area contributed by atoms with Crippen LogP contribution in [-0.2, 0) is 6.54 Å². The van der Waals surface area contributed by atoms with E-state index in [4.69, 9.17) is 5.73 Å². The summed E-state index contributed by atoms with van der Waals surface area (Å²) in [5.41, 5.74) is 10.0. The molecule has 0 aliphatic carbocycles. The molecule has 0 saturated heterocycles. The molecule has 0 aliphatic heterocycles. The van der Waals surface area contributed by atoms with Crippen molar-refractivity contribution >= 4 is 22.8 Å². The van der Waals surface area contributed by atoms with Gasteiger partial charge >= 0.3 is 0 Å². The van der Waals surface area contributed by atoms with Crippen molar-refractivity contribution in [2.24, 2.45) is 0 Å².